The highest BCUT2D eigenvalue weighted by Crippen LogP contribution is 2.17. The van der Waals surface area contributed by atoms with Crippen LogP contribution in [0.25, 0.3) is 16.7 Å². The van der Waals surface area contributed by atoms with Crippen LogP contribution in [0.4, 0.5) is 0 Å². The van der Waals surface area contributed by atoms with E-state index in [1.807, 2.05) is 28.9 Å². The largest absolute Gasteiger partial charge is 0.213 e. The number of rotatable bonds is 3. The maximum absolute atomic E-state index is 4.26. The van der Waals surface area contributed by atoms with E-state index < -0.39 is 0 Å². The summed E-state index contributed by atoms with van der Waals surface area (Å²) in [6.07, 6.45) is 0.943. The van der Waals surface area contributed by atoms with Gasteiger partial charge >= 0.3 is 0 Å². The molecule has 0 spiro atoms. The van der Waals surface area contributed by atoms with Crippen LogP contribution in [0, 0.1) is 6.92 Å². The Labute approximate surface area is 135 Å². The van der Waals surface area contributed by atoms with Crippen LogP contribution in [0.2, 0.25) is 0 Å². The van der Waals surface area contributed by atoms with Gasteiger partial charge in [0.1, 0.15) is 5.52 Å². The normalized spacial score (nSPS) is 11.0. The SMILES string of the molecule is Cc1ccc(Cc2ccc(-n3nnc4ccccc43)cc2)cc1. The number of nitrogens with zero attached hydrogens (tertiary/aromatic N) is 3. The Morgan fingerprint density at radius 2 is 1.43 bits per heavy atom. The van der Waals surface area contributed by atoms with Gasteiger partial charge in [-0.15, -0.1) is 5.10 Å². The number of aryl methyl sites for hydroxylation is 1. The molecular weight excluding hydrogens is 282 g/mol. The van der Waals surface area contributed by atoms with Crippen LogP contribution in [0.1, 0.15) is 16.7 Å². The van der Waals surface area contributed by atoms with Crippen molar-refractivity contribution >= 4 is 11.0 Å². The molecule has 112 valence electrons. The molecule has 3 heteroatoms. The van der Waals surface area contributed by atoms with Gasteiger partial charge in [0.05, 0.1) is 11.2 Å². The zero-order valence-corrected chi connectivity index (χ0v) is 13.0. The number of hydrogen-bond acceptors (Lipinski definition) is 2. The molecule has 4 aromatic rings. The monoisotopic (exact) mass is 299 g/mol. The molecular formula is C20H17N3. The molecule has 0 fully saturated rings. The second-order valence-corrected chi connectivity index (χ2v) is 5.82. The lowest BCUT2D eigenvalue weighted by Gasteiger charge is -2.06. The van der Waals surface area contributed by atoms with Gasteiger partial charge in [0.2, 0.25) is 0 Å². The minimum absolute atomic E-state index is 0.913. The minimum atomic E-state index is 0.913. The van der Waals surface area contributed by atoms with Gasteiger partial charge in [0, 0.05) is 0 Å². The van der Waals surface area contributed by atoms with Crippen molar-refractivity contribution in [2.24, 2.45) is 0 Å². The van der Waals surface area contributed by atoms with Crippen LogP contribution in [0.3, 0.4) is 0 Å². The van der Waals surface area contributed by atoms with Crippen molar-refractivity contribution in [3.63, 3.8) is 0 Å². The summed E-state index contributed by atoms with van der Waals surface area (Å²) in [6, 6.07) is 25.2. The second-order valence-electron chi connectivity index (χ2n) is 5.82. The highest BCUT2D eigenvalue weighted by Gasteiger charge is 2.05. The first kappa shape index (κ1) is 13.7. The molecule has 0 saturated heterocycles. The zero-order chi connectivity index (χ0) is 15.6. The van der Waals surface area contributed by atoms with Crippen molar-refractivity contribution in [2.45, 2.75) is 13.3 Å². The Morgan fingerprint density at radius 3 is 2.17 bits per heavy atom. The maximum Gasteiger partial charge on any atom is 0.113 e. The number of para-hydroxylation sites is 1. The molecule has 0 saturated carbocycles. The highest BCUT2D eigenvalue weighted by molar-refractivity contribution is 5.75. The molecule has 3 nitrogen and oxygen atoms in total. The predicted molar refractivity (Wildman–Crippen MR) is 92.9 cm³/mol. The molecule has 0 bridgehead atoms. The molecule has 1 aromatic heterocycles. The van der Waals surface area contributed by atoms with E-state index in [9.17, 15) is 0 Å². The Balaban J connectivity index is 1.61. The van der Waals surface area contributed by atoms with Crippen molar-refractivity contribution in [1.29, 1.82) is 0 Å². The fourth-order valence-corrected chi connectivity index (χ4v) is 2.76. The van der Waals surface area contributed by atoms with Gasteiger partial charge in [-0.05, 0) is 48.7 Å². The standard InChI is InChI=1S/C20H17N3/c1-15-6-8-16(9-7-15)14-17-10-12-18(13-11-17)23-20-5-3-2-4-19(20)21-22-23/h2-13H,14H2,1H3. The van der Waals surface area contributed by atoms with E-state index in [-0.39, 0.29) is 0 Å². The smallest absolute Gasteiger partial charge is 0.113 e. The molecule has 3 aromatic carbocycles. The first-order chi connectivity index (χ1) is 11.3. The molecule has 0 unspecified atom stereocenters. The van der Waals surface area contributed by atoms with E-state index in [0.29, 0.717) is 0 Å². The predicted octanol–water partition coefficient (Wildman–Crippen LogP) is 4.32. The van der Waals surface area contributed by atoms with Crippen molar-refractivity contribution in [3.8, 4) is 5.69 Å². The van der Waals surface area contributed by atoms with Gasteiger partial charge in [-0.1, -0.05) is 59.3 Å². The van der Waals surface area contributed by atoms with E-state index in [1.54, 1.807) is 0 Å². The molecule has 4 rings (SSSR count). The summed E-state index contributed by atoms with van der Waals surface area (Å²) >= 11 is 0. The van der Waals surface area contributed by atoms with Gasteiger partial charge in [-0.25, -0.2) is 4.68 Å². The summed E-state index contributed by atoms with van der Waals surface area (Å²) in [5.41, 5.74) is 6.89. The molecule has 0 aliphatic heterocycles. The first-order valence-corrected chi connectivity index (χ1v) is 7.75. The number of hydrogen-bond donors (Lipinski definition) is 0. The van der Waals surface area contributed by atoms with E-state index in [2.05, 4.69) is 65.8 Å². The Morgan fingerprint density at radius 1 is 0.783 bits per heavy atom. The van der Waals surface area contributed by atoms with Gasteiger partial charge < -0.3 is 0 Å². The van der Waals surface area contributed by atoms with Gasteiger partial charge in [-0.3, -0.25) is 0 Å². The third kappa shape index (κ3) is 2.73. The average Bonchev–Trinajstić information content (AvgIpc) is 3.02. The highest BCUT2D eigenvalue weighted by atomic mass is 15.4. The Hall–Kier alpha value is -2.94. The third-order valence-corrected chi connectivity index (χ3v) is 4.06. The molecule has 0 N–H and O–H groups in total. The van der Waals surface area contributed by atoms with Crippen LogP contribution in [-0.2, 0) is 6.42 Å². The third-order valence-electron chi connectivity index (χ3n) is 4.06. The van der Waals surface area contributed by atoms with Crippen molar-refractivity contribution in [3.05, 3.63) is 89.5 Å². The average molecular weight is 299 g/mol. The van der Waals surface area contributed by atoms with Crippen molar-refractivity contribution < 1.29 is 0 Å². The molecule has 1 heterocycles. The molecule has 0 atom stereocenters. The maximum atomic E-state index is 4.26. The summed E-state index contributed by atoms with van der Waals surface area (Å²) in [6.45, 7) is 2.11. The number of aromatic nitrogens is 3. The van der Waals surface area contributed by atoms with Gasteiger partial charge in [0.15, 0.2) is 0 Å². The van der Waals surface area contributed by atoms with Crippen molar-refractivity contribution in [2.75, 3.05) is 0 Å². The summed E-state index contributed by atoms with van der Waals surface area (Å²) in [4.78, 5) is 0. The quantitative estimate of drug-likeness (QED) is 0.564. The summed E-state index contributed by atoms with van der Waals surface area (Å²) in [7, 11) is 0. The van der Waals surface area contributed by atoms with Gasteiger partial charge in [0.25, 0.3) is 0 Å². The Bertz CT molecular complexity index is 935. The van der Waals surface area contributed by atoms with E-state index in [4.69, 9.17) is 0 Å². The molecule has 0 amide bonds. The van der Waals surface area contributed by atoms with Crippen LogP contribution in [0.5, 0.6) is 0 Å². The zero-order valence-electron chi connectivity index (χ0n) is 13.0. The molecule has 0 radical (unpaired) electrons. The summed E-state index contributed by atoms with van der Waals surface area (Å²) in [5, 5.41) is 8.46. The lowest BCUT2D eigenvalue weighted by atomic mass is 10.0. The van der Waals surface area contributed by atoms with Crippen LogP contribution < -0.4 is 0 Å². The lowest BCUT2D eigenvalue weighted by molar-refractivity contribution is 0.823. The fraction of sp³-hybridized carbons (Fsp3) is 0.100. The number of fused-ring (bicyclic) bond motifs is 1. The van der Waals surface area contributed by atoms with Crippen molar-refractivity contribution in [1.82, 2.24) is 15.0 Å². The molecule has 23 heavy (non-hydrogen) atoms. The Kier molecular flexibility index (Phi) is 3.39. The van der Waals surface area contributed by atoms with Crippen LogP contribution >= 0.6 is 0 Å². The van der Waals surface area contributed by atoms with Gasteiger partial charge in [-0.2, -0.15) is 0 Å². The van der Waals surface area contributed by atoms with E-state index >= 15 is 0 Å². The topological polar surface area (TPSA) is 30.7 Å². The fourth-order valence-electron chi connectivity index (χ4n) is 2.76. The van der Waals surface area contributed by atoms with Crippen LogP contribution in [0.15, 0.2) is 72.8 Å². The molecule has 0 aliphatic rings. The number of benzene rings is 3. The molecule has 0 aliphatic carbocycles. The first-order valence-electron chi connectivity index (χ1n) is 7.75. The van der Waals surface area contributed by atoms with Crippen LogP contribution in [-0.4, -0.2) is 15.0 Å². The van der Waals surface area contributed by atoms with E-state index in [1.165, 1.54) is 16.7 Å². The lowest BCUT2D eigenvalue weighted by Crippen LogP contribution is -1.97. The second kappa shape index (κ2) is 5.69. The summed E-state index contributed by atoms with van der Waals surface area (Å²) in [5.74, 6) is 0. The summed E-state index contributed by atoms with van der Waals surface area (Å²) < 4.78 is 1.88. The van der Waals surface area contributed by atoms with E-state index in [0.717, 1.165) is 23.1 Å². The minimum Gasteiger partial charge on any atom is -0.213 e.